The van der Waals surface area contributed by atoms with Crippen LogP contribution >= 0.6 is 11.6 Å². The predicted molar refractivity (Wildman–Crippen MR) is 113 cm³/mol. The lowest BCUT2D eigenvalue weighted by atomic mass is 10.0. The van der Waals surface area contributed by atoms with E-state index in [2.05, 4.69) is 52.5 Å². The second kappa shape index (κ2) is 7.53. The van der Waals surface area contributed by atoms with Gasteiger partial charge in [0.2, 0.25) is 0 Å². The Balaban J connectivity index is 1.83. The summed E-state index contributed by atoms with van der Waals surface area (Å²) >= 11 is 6.57. The molecule has 0 aliphatic heterocycles. The Hall–Kier alpha value is -2.04. The Bertz CT molecular complexity index is 958. The van der Waals surface area contributed by atoms with Gasteiger partial charge in [-0.2, -0.15) is 0 Å². The van der Waals surface area contributed by atoms with E-state index in [1.165, 1.54) is 12.8 Å². The van der Waals surface area contributed by atoms with Gasteiger partial charge in [0.15, 0.2) is 0 Å². The van der Waals surface area contributed by atoms with Crippen molar-refractivity contribution in [3.63, 3.8) is 0 Å². The van der Waals surface area contributed by atoms with Gasteiger partial charge in [-0.1, -0.05) is 30.7 Å². The van der Waals surface area contributed by atoms with E-state index < -0.39 is 0 Å². The number of fused-ring (bicyclic) bond motifs is 1. The summed E-state index contributed by atoms with van der Waals surface area (Å²) in [6.07, 6.45) is 7.97. The Morgan fingerprint density at radius 2 is 2.07 bits per heavy atom. The Kier molecular flexibility index (Phi) is 5.11. The molecule has 1 aromatic carbocycles. The minimum Gasteiger partial charge on any atom is -0.356 e. The molecule has 2 N–H and O–H groups in total. The minimum atomic E-state index is 0.457. The summed E-state index contributed by atoms with van der Waals surface area (Å²) in [6.45, 7) is 6.90. The van der Waals surface area contributed by atoms with Gasteiger partial charge in [-0.3, -0.25) is 4.40 Å². The molecule has 2 aromatic heterocycles. The van der Waals surface area contributed by atoms with Crippen molar-refractivity contribution in [2.24, 2.45) is 11.7 Å². The van der Waals surface area contributed by atoms with Gasteiger partial charge >= 0.3 is 0 Å². The van der Waals surface area contributed by atoms with E-state index >= 15 is 0 Å². The zero-order chi connectivity index (χ0) is 19.0. The van der Waals surface area contributed by atoms with Crippen LogP contribution in [0.2, 0.25) is 5.02 Å². The molecule has 5 heteroatoms. The number of imidazole rings is 1. The maximum atomic E-state index is 6.57. The third-order valence-electron chi connectivity index (χ3n) is 5.34. The fraction of sp³-hybridized carbons (Fsp3) is 0.409. The molecular formula is C22H27ClN4. The first-order chi connectivity index (χ1) is 13.1. The standard InChI is InChI=1S/C22H27ClN4/c1-3-8-26(13-16-5-6-16)22-12-25-21-10-17(11-24)19(14-27(21)22)18-7-4-15(2)9-20(18)23/h4,7,9-10,12,14,16H,3,5-6,8,11,13,24H2,1-2H3. The summed E-state index contributed by atoms with van der Waals surface area (Å²) in [4.78, 5) is 7.13. The third-order valence-corrected chi connectivity index (χ3v) is 5.65. The van der Waals surface area contributed by atoms with Crippen LogP contribution in [0, 0.1) is 12.8 Å². The summed E-state index contributed by atoms with van der Waals surface area (Å²) in [6, 6.07) is 8.28. The minimum absolute atomic E-state index is 0.457. The molecule has 4 nitrogen and oxygen atoms in total. The van der Waals surface area contributed by atoms with Gasteiger partial charge in [-0.15, -0.1) is 0 Å². The van der Waals surface area contributed by atoms with Crippen molar-refractivity contribution >= 4 is 23.1 Å². The smallest absolute Gasteiger partial charge is 0.138 e. The highest BCUT2D eigenvalue weighted by Crippen LogP contribution is 2.35. The fourth-order valence-electron chi connectivity index (χ4n) is 3.72. The van der Waals surface area contributed by atoms with E-state index in [-0.39, 0.29) is 0 Å². The molecule has 2 heterocycles. The number of rotatable bonds is 7. The number of halogens is 1. The lowest BCUT2D eigenvalue weighted by molar-refractivity contribution is 0.696. The van der Waals surface area contributed by atoms with Crippen LogP contribution in [0.5, 0.6) is 0 Å². The van der Waals surface area contributed by atoms with Gasteiger partial charge in [0.05, 0.1) is 6.20 Å². The number of nitrogens with zero attached hydrogens (tertiary/aromatic N) is 3. The summed E-state index contributed by atoms with van der Waals surface area (Å²) in [5.41, 5.74) is 11.3. The van der Waals surface area contributed by atoms with Crippen molar-refractivity contribution in [3.05, 3.63) is 52.8 Å². The lowest BCUT2D eigenvalue weighted by Gasteiger charge is -2.24. The van der Waals surface area contributed by atoms with Gasteiger partial charge in [0, 0.05) is 42.0 Å². The van der Waals surface area contributed by atoms with Gasteiger partial charge in [0.25, 0.3) is 0 Å². The number of nitrogens with two attached hydrogens (primary N) is 1. The van der Waals surface area contributed by atoms with Crippen LogP contribution in [0.3, 0.4) is 0 Å². The van der Waals surface area contributed by atoms with Crippen molar-refractivity contribution in [1.29, 1.82) is 0 Å². The van der Waals surface area contributed by atoms with E-state index in [4.69, 9.17) is 17.3 Å². The van der Waals surface area contributed by atoms with Crippen molar-refractivity contribution < 1.29 is 0 Å². The summed E-state index contributed by atoms with van der Waals surface area (Å²) in [5, 5.41) is 0.758. The van der Waals surface area contributed by atoms with Crippen LogP contribution in [0.4, 0.5) is 5.82 Å². The molecular weight excluding hydrogens is 356 g/mol. The topological polar surface area (TPSA) is 46.6 Å². The highest BCUT2D eigenvalue weighted by atomic mass is 35.5. The van der Waals surface area contributed by atoms with E-state index in [1.807, 2.05) is 12.3 Å². The van der Waals surface area contributed by atoms with Gasteiger partial charge < -0.3 is 10.6 Å². The Morgan fingerprint density at radius 1 is 1.26 bits per heavy atom. The first-order valence-electron chi connectivity index (χ1n) is 9.82. The maximum Gasteiger partial charge on any atom is 0.138 e. The number of hydrogen-bond donors (Lipinski definition) is 1. The van der Waals surface area contributed by atoms with Crippen LogP contribution in [0.25, 0.3) is 16.8 Å². The van der Waals surface area contributed by atoms with Crippen molar-refractivity contribution in [3.8, 4) is 11.1 Å². The van der Waals surface area contributed by atoms with Gasteiger partial charge in [-0.05, 0) is 55.4 Å². The largest absolute Gasteiger partial charge is 0.356 e. The second-order valence-electron chi connectivity index (χ2n) is 7.63. The highest BCUT2D eigenvalue weighted by molar-refractivity contribution is 6.33. The highest BCUT2D eigenvalue weighted by Gasteiger charge is 2.25. The number of aryl methyl sites for hydroxylation is 1. The van der Waals surface area contributed by atoms with Gasteiger partial charge in [0.1, 0.15) is 11.5 Å². The number of anilines is 1. The first-order valence-corrected chi connectivity index (χ1v) is 10.2. The normalized spacial score (nSPS) is 14.1. The Morgan fingerprint density at radius 3 is 2.74 bits per heavy atom. The molecule has 1 aliphatic rings. The van der Waals surface area contributed by atoms with Crippen molar-refractivity contribution in [2.45, 2.75) is 39.7 Å². The molecule has 1 saturated carbocycles. The molecule has 0 bridgehead atoms. The summed E-state index contributed by atoms with van der Waals surface area (Å²) < 4.78 is 2.20. The second-order valence-corrected chi connectivity index (χ2v) is 8.04. The van der Waals surface area contributed by atoms with E-state index in [0.29, 0.717) is 6.54 Å². The van der Waals surface area contributed by atoms with E-state index in [1.54, 1.807) is 0 Å². The maximum absolute atomic E-state index is 6.57. The molecule has 3 aromatic rings. The molecule has 27 heavy (non-hydrogen) atoms. The fourth-order valence-corrected chi connectivity index (χ4v) is 4.05. The molecule has 0 spiro atoms. The summed E-state index contributed by atoms with van der Waals surface area (Å²) in [7, 11) is 0. The molecule has 0 saturated heterocycles. The molecule has 1 aliphatic carbocycles. The third kappa shape index (κ3) is 3.69. The molecule has 0 amide bonds. The monoisotopic (exact) mass is 382 g/mol. The van der Waals surface area contributed by atoms with Crippen molar-refractivity contribution in [1.82, 2.24) is 9.38 Å². The van der Waals surface area contributed by atoms with Gasteiger partial charge in [-0.25, -0.2) is 4.98 Å². The lowest BCUT2D eigenvalue weighted by Crippen LogP contribution is -2.27. The number of benzene rings is 1. The number of aromatic nitrogens is 2. The molecule has 0 atom stereocenters. The molecule has 4 rings (SSSR count). The quantitative estimate of drug-likeness (QED) is 0.622. The van der Waals surface area contributed by atoms with Crippen LogP contribution < -0.4 is 10.6 Å². The van der Waals surface area contributed by atoms with E-state index in [0.717, 1.165) is 64.2 Å². The predicted octanol–water partition coefficient (Wildman–Crippen LogP) is 5.05. The van der Waals surface area contributed by atoms with E-state index in [9.17, 15) is 0 Å². The van der Waals surface area contributed by atoms with Crippen LogP contribution in [0.15, 0.2) is 36.7 Å². The van der Waals surface area contributed by atoms with Crippen LogP contribution in [-0.2, 0) is 6.54 Å². The SMILES string of the molecule is CCCN(CC1CC1)c1cnc2cc(CN)c(-c3ccc(C)cc3Cl)cn12. The molecule has 0 radical (unpaired) electrons. The first kappa shape index (κ1) is 18.3. The molecule has 0 unspecified atom stereocenters. The zero-order valence-electron chi connectivity index (χ0n) is 16.1. The van der Waals surface area contributed by atoms with Crippen LogP contribution in [-0.4, -0.2) is 22.5 Å². The van der Waals surface area contributed by atoms with Crippen molar-refractivity contribution in [2.75, 3.05) is 18.0 Å². The summed E-state index contributed by atoms with van der Waals surface area (Å²) in [5.74, 6) is 1.99. The zero-order valence-corrected chi connectivity index (χ0v) is 16.8. The molecule has 142 valence electrons. The average Bonchev–Trinajstić information content (AvgIpc) is 3.37. The number of pyridine rings is 1. The van der Waals surface area contributed by atoms with Crippen LogP contribution in [0.1, 0.15) is 37.3 Å². The Labute approximate surface area is 166 Å². The average molecular weight is 383 g/mol. The molecule has 1 fully saturated rings. The number of hydrogen-bond acceptors (Lipinski definition) is 3.